The van der Waals surface area contributed by atoms with Gasteiger partial charge in [-0.15, -0.1) is 24.0 Å². The highest BCUT2D eigenvalue weighted by molar-refractivity contribution is 14.0. The zero-order valence-corrected chi connectivity index (χ0v) is 15.6. The van der Waals surface area contributed by atoms with Gasteiger partial charge in [0.05, 0.1) is 13.2 Å². The lowest BCUT2D eigenvalue weighted by atomic mass is 10.1. The van der Waals surface area contributed by atoms with Crippen LogP contribution in [0.2, 0.25) is 0 Å². The van der Waals surface area contributed by atoms with E-state index in [0.717, 1.165) is 12.1 Å². The van der Waals surface area contributed by atoms with Gasteiger partial charge in [0, 0.05) is 32.7 Å². The van der Waals surface area contributed by atoms with Gasteiger partial charge in [0.2, 0.25) is 0 Å². The zero-order chi connectivity index (χ0) is 15.7. The Morgan fingerprint density at radius 1 is 1.23 bits per heavy atom. The van der Waals surface area contributed by atoms with Gasteiger partial charge >= 0.3 is 0 Å². The average Bonchev–Trinajstić information content (AvgIpc) is 2.49. The third-order valence-electron chi connectivity index (χ3n) is 2.78. The number of amides is 1. The first kappa shape index (κ1) is 20.6. The summed E-state index contributed by atoms with van der Waals surface area (Å²) < 4.78 is 0. The Morgan fingerprint density at radius 2 is 1.86 bits per heavy atom. The van der Waals surface area contributed by atoms with Crippen molar-refractivity contribution in [1.29, 1.82) is 0 Å². The summed E-state index contributed by atoms with van der Waals surface area (Å²) in [6, 6.07) is 7.41. The molecule has 6 nitrogen and oxygen atoms in total. The van der Waals surface area contributed by atoms with E-state index in [4.69, 9.17) is 5.11 Å². The molecule has 0 saturated heterocycles. The molecule has 0 heterocycles. The van der Waals surface area contributed by atoms with Crippen molar-refractivity contribution in [2.24, 2.45) is 4.99 Å². The Hall–Kier alpha value is -1.35. The van der Waals surface area contributed by atoms with E-state index in [2.05, 4.69) is 15.6 Å². The summed E-state index contributed by atoms with van der Waals surface area (Å²) in [5.74, 6) is 0.656. The zero-order valence-electron chi connectivity index (χ0n) is 13.3. The van der Waals surface area contributed by atoms with Crippen LogP contribution in [0.1, 0.15) is 22.8 Å². The number of aliphatic imine (C=N–C) groups is 1. The minimum Gasteiger partial charge on any atom is -0.395 e. The van der Waals surface area contributed by atoms with E-state index in [-0.39, 0.29) is 36.5 Å². The highest BCUT2D eigenvalue weighted by Gasteiger charge is 2.06. The van der Waals surface area contributed by atoms with Crippen LogP contribution < -0.4 is 10.6 Å². The maximum atomic E-state index is 11.8. The fourth-order valence-corrected chi connectivity index (χ4v) is 1.70. The molecule has 7 heteroatoms. The Kier molecular flexibility index (Phi) is 10.6. The van der Waals surface area contributed by atoms with E-state index >= 15 is 0 Å². The molecular weight excluding hydrogens is 395 g/mol. The number of hydrogen-bond acceptors (Lipinski definition) is 3. The fraction of sp³-hybridized carbons (Fsp3) is 0.467. The van der Waals surface area contributed by atoms with Crippen molar-refractivity contribution < 1.29 is 9.90 Å². The van der Waals surface area contributed by atoms with E-state index in [9.17, 15) is 4.79 Å². The second-order valence-corrected chi connectivity index (χ2v) is 4.74. The minimum absolute atomic E-state index is 0. The van der Waals surface area contributed by atoms with Crippen LogP contribution in [0.3, 0.4) is 0 Å². The van der Waals surface area contributed by atoms with Crippen LogP contribution in [0.25, 0.3) is 0 Å². The molecule has 1 aromatic carbocycles. The highest BCUT2D eigenvalue weighted by atomic mass is 127. The molecule has 0 spiro atoms. The molecule has 1 aromatic rings. The predicted molar refractivity (Wildman–Crippen MR) is 99.8 cm³/mol. The molecule has 0 aliphatic carbocycles. The molecule has 3 N–H and O–H groups in total. The summed E-state index contributed by atoms with van der Waals surface area (Å²) in [5, 5.41) is 14.9. The second kappa shape index (κ2) is 11.2. The third-order valence-corrected chi connectivity index (χ3v) is 2.78. The van der Waals surface area contributed by atoms with E-state index in [1.54, 1.807) is 31.1 Å². The molecule has 0 aromatic heterocycles. The lowest BCUT2D eigenvalue weighted by Crippen LogP contribution is -2.38. The first-order chi connectivity index (χ1) is 10.1. The summed E-state index contributed by atoms with van der Waals surface area (Å²) in [5.41, 5.74) is 1.68. The minimum atomic E-state index is -0.0111. The molecular formula is C15H25IN4O2. The van der Waals surface area contributed by atoms with Gasteiger partial charge in [-0.1, -0.05) is 12.1 Å². The fourth-order valence-electron chi connectivity index (χ4n) is 1.70. The van der Waals surface area contributed by atoms with Gasteiger partial charge in [0.25, 0.3) is 5.91 Å². The number of carbonyl (C=O) groups excluding carboxylic acids is 1. The lowest BCUT2D eigenvalue weighted by Gasteiger charge is -2.11. The molecule has 22 heavy (non-hydrogen) atoms. The molecule has 0 radical (unpaired) electrons. The first-order valence-electron chi connectivity index (χ1n) is 7.02. The van der Waals surface area contributed by atoms with Crippen molar-refractivity contribution in [3.63, 3.8) is 0 Å². The number of nitrogens with zero attached hydrogens (tertiary/aromatic N) is 2. The maximum Gasteiger partial charge on any atom is 0.253 e. The molecule has 0 unspecified atom stereocenters. The third kappa shape index (κ3) is 7.08. The van der Waals surface area contributed by atoms with Crippen LogP contribution in [0.5, 0.6) is 0 Å². The molecule has 124 valence electrons. The molecule has 0 saturated carbocycles. The first-order valence-corrected chi connectivity index (χ1v) is 7.02. The van der Waals surface area contributed by atoms with Gasteiger partial charge in [-0.05, 0) is 24.6 Å². The summed E-state index contributed by atoms with van der Waals surface area (Å²) in [4.78, 5) is 17.7. The van der Waals surface area contributed by atoms with Gasteiger partial charge in [0.15, 0.2) is 5.96 Å². The number of aliphatic hydroxyl groups excluding tert-OH is 1. The SMILES string of the molecule is CCNC(=NCc1ccc(C(=O)N(C)C)cc1)NCCO.I. The summed E-state index contributed by atoms with van der Waals surface area (Å²) in [6.07, 6.45) is 0. The van der Waals surface area contributed by atoms with Gasteiger partial charge in [-0.2, -0.15) is 0 Å². The van der Waals surface area contributed by atoms with E-state index in [1.807, 2.05) is 19.1 Å². The van der Waals surface area contributed by atoms with Crippen LogP contribution in [0.15, 0.2) is 29.3 Å². The van der Waals surface area contributed by atoms with Crippen LogP contribution in [0.4, 0.5) is 0 Å². The smallest absolute Gasteiger partial charge is 0.253 e. The van der Waals surface area contributed by atoms with Crippen molar-refractivity contribution in [3.8, 4) is 0 Å². The molecule has 0 aliphatic rings. The van der Waals surface area contributed by atoms with Crippen molar-refractivity contribution >= 4 is 35.8 Å². The monoisotopic (exact) mass is 420 g/mol. The molecule has 1 amide bonds. The topological polar surface area (TPSA) is 77.0 Å². The maximum absolute atomic E-state index is 11.8. The van der Waals surface area contributed by atoms with Gasteiger partial charge in [-0.3, -0.25) is 4.79 Å². The number of carbonyl (C=O) groups is 1. The Labute approximate surface area is 149 Å². The molecule has 0 aliphatic heterocycles. The summed E-state index contributed by atoms with van der Waals surface area (Å²) >= 11 is 0. The molecule has 1 rings (SSSR count). The number of guanidine groups is 1. The Balaban J connectivity index is 0.00000441. The van der Waals surface area contributed by atoms with Crippen LogP contribution in [0, 0.1) is 0 Å². The lowest BCUT2D eigenvalue weighted by molar-refractivity contribution is 0.0827. The molecule has 0 bridgehead atoms. The van der Waals surface area contributed by atoms with Crippen molar-refractivity contribution in [3.05, 3.63) is 35.4 Å². The Morgan fingerprint density at radius 3 is 2.36 bits per heavy atom. The summed E-state index contributed by atoms with van der Waals surface area (Å²) in [7, 11) is 3.46. The molecule has 0 fully saturated rings. The number of rotatable bonds is 6. The van der Waals surface area contributed by atoms with E-state index < -0.39 is 0 Å². The van der Waals surface area contributed by atoms with E-state index in [1.165, 1.54) is 0 Å². The van der Waals surface area contributed by atoms with Crippen LogP contribution >= 0.6 is 24.0 Å². The average molecular weight is 420 g/mol. The van der Waals surface area contributed by atoms with Gasteiger partial charge in [0.1, 0.15) is 0 Å². The number of aliphatic hydroxyl groups is 1. The second-order valence-electron chi connectivity index (χ2n) is 4.74. The Bertz CT molecular complexity index is 475. The normalized spacial score (nSPS) is 10.6. The van der Waals surface area contributed by atoms with Crippen molar-refractivity contribution in [1.82, 2.24) is 15.5 Å². The quantitative estimate of drug-likeness (QED) is 0.366. The standard InChI is InChI=1S/C15H24N4O2.HI/c1-4-16-15(17-9-10-20)18-11-12-5-7-13(8-6-12)14(21)19(2)3;/h5-8,20H,4,9-11H2,1-3H3,(H2,16,17,18);1H. The summed E-state index contributed by atoms with van der Waals surface area (Å²) in [6.45, 7) is 3.77. The number of nitrogens with one attached hydrogen (secondary N) is 2. The van der Waals surface area contributed by atoms with Crippen molar-refractivity contribution in [2.75, 3.05) is 33.8 Å². The number of benzene rings is 1. The number of halogens is 1. The number of hydrogen-bond donors (Lipinski definition) is 3. The van der Waals surface area contributed by atoms with Gasteiger partial charge in [-0.25, -0.2) is 4.99 Å². The molecule has 0 atom stereocenters. The largest absolute Gasteiger partial charge is 0.395 e. The highest BCUT2D eigenvalue weighted by Crippen LogP contribution is 2.07. The predicted octanol–water partition coefficient (Wildman–Crippen LogP) is 1.05. The van der Waals surface area contributed by atoms with Crippen molar-refractivity contribution in [2.45, 2.75) is 13.5 Å². The van der Waals surface area contributed by atoms with Crippen LogP contribution in [-0.2, 0) is 6.54 Å². The van der Waals surface area contributed by atoms with E-state index in [0.29, 0.717) is 24.6 Å². The van der Waals surface area contributed by atoms with Crippen LogP contribution in [-0.4, -0.2) is 55.7 Å². The van der Waals surface area contributed by atoms with Gasteiger partial charge < -0.3 is 20.6 Å².